The molecule has 4 aromatic rings. The van der Waals surface area contributed by atoms with Gasteiger partial charge in [0.05, 0.1) is 29.4 Å². The van der Waals surface area contributed by atoms with Gasteiger partial charge in [0.1, 0.15) is 17.6 Å². The minimum Gasteiger partial charge on any atom is -0.467 e. The topological polar surface area (TPSA) is 86.2 Å². The number of para-hydroxylation sites is 1. The van der Waals surface area contributed by atoms with Gasteiger partial charge in [0.15, 0.2) is 0 Å². The molecule has 1 unspecified atom stereocenters. The van der Waals surface area contributed by atoms with Crippen LogP contribution in [-0.2, 0) is 11.3 Å². The van der Waals surface area contributed by atoms with E-state index in [4.69, 9.17) is 4.42 Å². The predicted molar refractivity (Wildman–Crippen MR) is 114 cm³/mol. The smallest absolute Gasteiger partial charge is 0.336 e. The molecule has 7 nitrogen and oxygen atoms in total. The summed E-state index contributed by atoms with van der Waals surface area (Å²) < 4.78 is 21.2. The van der Waals surface area contributed by atoms with Gasteiger partial charge in [-0.05, 0) is 48.9 Å². The summed E-state index contributed by atoms with van der Waals surface area (Å²) >= 11 is 0. The number of hydrogen-bond acceptors (Lipinski definition) is 4. The largest absolute Gasteiger partial charge is 0.467 e. The van der Waals surface area contributed by atoms with Gasteiger partial charge in [-0.15, -0.1) is 0 Å². The molecule has 1 N–H and O–H groups in total. The van der Waals surface area contributed by atoms with E-state index in [2.05, 4.69) is 5.32 Å². The first kappa shape index (κ1) is 20.3. The molecule has 2 aromatic heterocycles. The van der Waals surface area contributed by atoms with Crippen LogP contribution in [0.25, 0.3) is 16.6 Å². The van der Waals surface area contributed by atoms with Gasteiger partial charge in [0.2, 0.25) is 5.91 Å². The summed E-state index contributed by atoms with van der Waals surface area (Å²) in [4.78, 5) is 39.5. The van der Waals surface area contributed by atoms with Crippen molar-refractivity contribution >= 4 is 16.8 Å². The highest BCUT2D eigenvalue weighted by Crippen LogP contribution is 2.18. The number of hydrogen-bond donors (Lipinski definition) is 1. The molecule has 8 heteroatoms. The number of carbonyl (C=O) groups excluding carboxylic acids is 1. The van der Waals surface area contributed by atoms with Crippen LogP contribution in [0.3, 0.4) is 0 Å². The van der Waals surface area contributed by atoms with Crippen molar-refractivity contribution in [1.82, 2.24) is 14.5 Å². The Hall–Kier alpha value is -3.94. The maximum absolute atomic E-state index is 13.8. The fourth-order valence-corrected chi connectivity index (χ4v) is 3.62. The van der Waals surface area contributed by atoms with Crippen LogP contribution in [0.5, 0.6) is 0 Å². The first-order valence-electron chi connectivity index (χ1n) is 9.83. The van der Waals surface area contributed by atoms with E-state index in [-0.39, 0.29) is 17.6 Å². The third-order valence-corrected chi connectivity index (χ3v) is 5.08. The molecule has 1 amide bonds. The Morgan fingerprint density at radius 2 is 1.90 bits per heavy atom. The number of halogens is 1. The number of carbonyl (C=O) groups is 1. The molecular formula is C23H20FN3O4. The maximum atomic E-state index is 13.8. The number of aromatic nitrogens is 2. The van der Waals surface area contributed by atoms with E-state index in [1.807, 2.05) is 0 Å². The zero-order valence-electron chi connectivity index (χ0n) is 16.7. The Morgan fingerprint density at radius 3 is 2.61 bits per heavy atom. The molecule has 0 saturated heterocycles. The molecule has 1 atom stereocenters. The van der Waals surface area contributed by atoms with Crippen molar-refractivity contribution in [3.05, 3.63) is 99.3 Å². The second-order valence-corrected chi connectivity index (χ2v) is 7.01. The molecule has 31 heavy (non-hydrogen) atoms. The van der Waals surface area contributed by atoms with E-state index >= 15 is 0 Å². The Kier molecular flexibility index (Phi) is 5.53. The highest BCUT2D eigenvalue weighted by Gasteiger charge is 2.25. The van der Waals surface area contributed by atoms with Crippen molar-refractivity contribution in [2.45, 2.75) is 25.9 Å². The van der Waals surface area contributed by atoms with Gasteiger partial charge in [0, 0.05) is 0 Å². The van der Waals surface area contributed by atoms with E-state index in [9.17, 15) is 18.8 Å². The van der Waals surface area contributed by atoms with Crippen molar-refractivity contribution in [2.75, 3.05) is 0 Å². The van der Waals surface area contributed by atoms with Gasteiger partial charge in [-0.1, -0.05) is 25.1 Å². The molecule has 158 valence electrons. The highest BCUT2D eigenvalue weighted by molar-refractivity contribution is 5.84. The second kappa shape index (κ2) is 8.43. The highest BCUT2D eigenvalue weighted by atomic mass is 19.1. The van der Waals surface area contributed by atoms with Crippen LogP contribution in [-0.4, -0.2) is 15.0 Å². The number of nitrogens with one attached hydrogen (secondary N) is 1. The van der Waals surface area contributed by atoms with Crippen molar-refractivity contribution in [3.63, 3.8) is 0 Å². The summed E-state index contributed by atoms with van der Waals surface area (Å²) in [6.45, 7) is 1.94. The molecule has 0 aliphatic rings. The van der Waals surface area contributed by atoms with Crippen molar-refractivity contribution in [2.24, 2.45) is 0 Å². The molecule has 0 spiro atoms. The molecule has 0 aliphatic heterocycles. The average Bonchev–Trinajstić information content (AvgIpc) is 3.29. The molecule has 2 heterocycles. The number of fused-ring (bicyclic) bond motifs is 1. The Morgan fingerprint density at radius 1 is 1.10 bits per heavy atom. The van der Waals surface area contributed by atoms with E-state index < -0.39 is 29.0 Å². The maximum Gasteiger partial charge on any atom is 0.336 e. The van der Waals surface area contributed by atoms with E-state index in [1.54, 1.807) is 43.3 Å². The fraction of sp³-hybridized carbons (Fsp3) is 0.174. The molecule has 4 rings (SSSR count). The second-order valence-electron chi connectivity index (χ2n) is 7.01. The predicted octanol–water partition coefficient (Wildman–Crippen LogP) is 3.15. The van der Waals surface area contributed by atoms with Crippen LogP contribution in [0.2, 0.25) is 0 Å². The summed E-state index contributed by atoms with van der Waals surface area (Å²) in [5, 5.41) is 3.02. The van der Waals surface area contributed by atoms with Gasteiger partial charge < -0.3 is 9.73 Å². The Labute approximate surface area is 176 Å². The van der Waals surface area contributed by atoms with Crippen molar-refractivity contribution in [3.8, 4) is 5.69 Å². The lowest BCUT2D eigenvalue weighted by molar-refractivity contribution is -0.124. The average molecular weight is 421 g/mol. The SMILES string of the molecule is CCC(C(=O)NCc1ccco1)n1c(=O)n(-c2cccc(F)c2)c(=O)c2ccccc21. The van der Waals surface area contributed by atoms with Gasteiger partial charge in [-0.2, -0.15) is 0 Å². The standard InChI is InChI=1S/C23H20FN3O4/c1-2-19(21(28)25-14-17-9-6-12-31-17)27-20-11-4-3-10-18(20)22(29)26(23(27)30)16-8-5-7-15(24)13-16/h3-13,19H,2,14H2,1H3,(H,25,28). The van der Waals surface area contributed by atoms with E-state index in [0.29, 0.717) is 17.7 Å². The Balaban J connectivity index is 1.88. The van der Waals surface area contributed by atoms with Crippen LogP contribution in [0.1, 0.15) is 25.1 Å². The summed E-state index contributed by atoms with van der Waals surface area (Å²) in [6.07, 6.45) is 1.81. The summed E-state index contributed by atoms with van der Waals surface area (Å²) in [6, 6.07) is 14.4. The third-order valence-electron chi connectivity index (χ3n) is 5.08. The van der Waals surface area contributed by atoms with Crippen LogP contribution in [0.15, 0.2) is 80.9 Å². The van der Waals surface area contributed by atoms with Crippen LogP contribution in [0.4, 0.5) is 4.39 Å². The number of nitrogens with zero attached hydrogens (tertiary/aromatic N) is 2. The van der Waals surface area contributed by atoms with Crippen LogP contribution >= 0.6 is 0 Å². The van der Waals surface area contributed by atoms with Gasteiger partial charge in [-0.25, -0.2) is 13.8 Å². The summed E-state index contributed by atoms with van der Waals surface area (Å²) in [7, 11) is 0. The Bertz CT molecular complexity index is 1360. The van der Waals surface area contributed by atoms with Gasteiger partial charge in [0.25, 0.3) is 5.56 Å². The van der Waals surface area contributed by atoms with Crippen molar-refractivity contribution < 1.29 is 13.6 Å². The monoisotopic (exact) mass is 421 g/mol. The molecule has 0 bridgehead atoms. The van der Waals surface area contributed by atoms with E-state index in [1.165, 1.54) is 29.0 Å². The first-order valence-corrected chi connectivity index (χ1v) is 9.83. The number of amides is 1. The molecule has 0 aliphatic carbocycles. The minimum atomic E-state index is -0.882. The molecule has 0 fully saturated rings. The summed E-state index contributed by atoms with van der Waals surface area (Å²) in [5.74, 6) is -0.396. The summed E-state index contributed by atoms with van der Waals surface area (Å²) in [5.41, 5.74) is -0.854. The third kappa shape index (κ3) is 3.79. The lowest BCUT2D eigenvalue weighted by Crippen LogP contribution is -2.44. The van der Waals surface area contributed by atoms with Crippen LogP contribution < -0.4 is 16.6 Å². The van der Waals surface area contributed by atoms with Crippen LogP contribution in [0, 0.1) is 5.82 Å². The van der Waals surface area contributed by atoms with E-state index in [0.717, 1.165) is 10.6 Å². The quantitative estimate of drug-likeness (QED) is 0.518. The molecule has 0 saturated carbocycles. The lowest BCUT2D eigenvalue weighted by Gasteiger charge is -2.21. The normalized spacial score (nSPS) is 12.1. The van der Waals surface area contributed by atoms with Gasteiger partial charge >= 0.3 is 5.69 Å². The minimum absolute atomic E-state index is 0.0975. The number of rotatable bonds is 6. The lowest BCUT2D eigenvalue weighted by atomic mass is 10.1. The van der Waals surface area contributed by atoms with Crippen molar-refractivity contribution in [1.29, 1.82) is 0 Å². The molecular weight excluding hydrogens is 401 g/mol. The number of benzene rings is 2. The molecule has 2 aromatic carbocycles. The number of furan rings is 1. The molecule has 0 radical (unpaired) electrons. The van der Waals surface area contributed by atoms with Gasteiger partial charge in [-0.3, -0.25) is 14.2 Å². The zero-order valence-corrected chi connectivity index (χ0v) is 16.7. The zero-order chi connectivity index (χ0) is 22.0. The first-order chi connectivity index (χ1) is 15.0. The fourth-order valence-electron chi connectivity index (χ4n) is 3.62.